The first kappa shape index (κ1) is 16.1. The second-order valence-electron chi connectivity index (χ2n) is 3.66. The highest BCUT2D eigenvalue weighted by molar-refractivity contribution is 8.10. The Bertz CT molecular complexity index is 444. The molecule has 0 bridgehead atoms. The van der Waals surface area contributed by atoms with Crippen LogP contribution in [0.15, 0.2) is 39.9 Å². The van der Waals surface area contributed by atoms with E-state index in [0.717, 1.165) is 5.56 Å². The highest BCUT2D eigenvalue weighted by atomic mass is 35.5. The minimum absolute atomic E-state index is 0.0395. The van der Waals surface area contributed by atoms with Crippen molar-refractivity contribution in [3.05, 3.63) is 45.4 Å². The van der Waals surface area contributed by atoms with Gasteiger partial charge in [-0.2, -0.15) is 0 Å². The van der Waals surface area contributed by atoms with E-state index in [0.29, 0.717) is 15.9 Å². The minimum Gasteiger partial charge on any atom is -0.346 e. The van der Waals surface area contributed by atoms with Gasteiger partial charge in [0, 0.05) is 0 Å². The molecule has 0 fully saturated rings. The van der Waals surface area contributed by atoms with Gasteiger partial charge in [-0.3, -0.25) is 0 Å². The molecular formula is C12H12Cl3NS2. The minimum atomic E-state index is 0.0395. The topological polar surface area (TPSA) is 3.24 Å². The maximum atomic E-state index is 5.97. The van der Waals surface area contributed by atoms with Crippen molar-refractivity contribution in [2.45, 2.75) is 13.0 Å². The summed E-state index contributed by atoms with van der Waals surface area (Å²) in [7, 11) is 0. The van der Waals surface area contributed by atoms with Gasteiger partial charge in [-0.15, -0.1) is 12.6 Å². The Labute approximate surface area is 133 Å². The van der Waals surface area contributed by atoms with Crippen LogP contribution in [0.1, 0.15) is 18.5 Å². The average molecular weight is 341 g/mol. The van der Waals surface area contributed by atoms with Crippen molar-refractivity contribution in [3.63, 3.8) is 0 Å². The van der Waals surface area contributed by atoms with Gasteiger partial charge in [0.15, 0.2) is 0 Å². The highest BCUT2D eigenvalue weighted by Gasteiger charge is 2.18. The maximum absolute atomic E-state index is 5.97. The van der Waals surface area contributed by atoms with Crippen molar-refractivity contribution >= 4 is 64.0 Å². The lowest BCUT2D eigenvalue weighted by Gasteiger charge is -2.29. The molecule has 1 aromatic rings. The van der Waals surface area contributed by atoms with Crippen molar-refractivity contribution in [1.82, 2.24) is 4.90 Å². The quantitative estimate of drug-likeness (QED) is 0.596. The molecule has 1 atom stereocenters. The van der Waals surface area contributed by atoms with E-state index in [1.54, 1.807) is 0 Å². The van der Waals surface area contributed by atoms with Crippen molar-refractivity contribution in [2.24, 2.45) is 0 Å². The number of hydrogen-bond donors (Lipinski definition) is 1. The first-order valence-corrected chi connectivity index (χ1v) is 7.16. The van der Waals surface area contributed by atoms with Gasteiger partial charge < -0.3 is 4.90 Å². The molecule has 1 aromatic carbocycles. The first-order valence-electron chi connectivity index (χ1n) is 5.17. The molecule has 1 rings (SSSR count). The fourth-order valence-electron chi connectivity index (χ4n) is 1.49. The molecule has 0 saturated heterocycles. The zero-order valence-corrected chi connectivity index (χ0v) is 13.6. The van der Waals surface area contributed by atoms with Gasteiger partial charge in [-0.25, -0.2) is 0 Å². The van der Waals surface area contributed by atoms with E-state index in [9.17, 15) is 0 Å². The van der Waals surface area contributed by atoms with Crippen LogP contribution in [-0.2, 0) is 0 Å². The average Bonchev–Trinajstić information content (AvgIpc) is 2.35. The molecule has 18 heavy (non-hydrogen) atoms. The van der Waals surface area contributed by atoms with E-state index < -0.39 is 0 Å². The van der Waals surface area contributed by atoms with Gasteiger partial charge in [0.2, 0.25) is 0 Å². The third-order valence-corrected chi connectivity index (χ3v) is 3.96. The molecule has 0 aliphatic carbocycles. The van der Waals surface area contributed by atoms with E-state index in [-0.39, 0.29) is 10.5 Å². The van der Waals surface area contributed by atoms with Gasteiger partial charge in [0.25, 0.3) is 0 Å². The molecular weight excluding hydrogens is 329 g/mol. The van der Waals surface area contributed by atoms with E-state index in [1.807, 2.05) is 42.2 Å². The molecule has 1 nitrogen and oxygen atoms in total. The molecule has 0 N–H and O–H groups in total. The van der Waals surface area contributed by atoms with Crippen molar-refractivity contribution in [2.75, 3.05) is 6.54 Å². The SMILES string of the molecule is CC(c1ccccc1)N(CC(Cl)=C(Cl)Cl)C(=S)S. The van der Waals surface area contributed by atoms with Crippen LogP contribution >= 0.6 is 59.6 Å². The molecule has 1 unspecified atom stereocenters. The van der Waals surface area contributed by atoms with E-state index >= 15 is 0 Å². The van der Waals surface area contributed by atoms with Gasteiger partial charge in [-0.1, -0.05) is 77.4 Å². The van der Waals surface area contributed by atoms with Crippen molar-refractivity contribution < 1.29 is 0 Å². The lowest BCUT2D eigenvalue weighted by Crippen LogP contribution is -2.30. The molecule has 0 radical (unpaired) electrons. The molecule has 0 aliphatic rings. The molecule has 0 spiro atoms. The molecule has 0 aromatic heterocycles. The molecule has 98 valence electrons. The summed E-state index contributed by atoms with van der Waals surface area (Å²) in [4.78, 5) is 1.85. The molecule has 0 aliphatic heterocycles. The predicted octanol–water partition coefficient (Wildman–Crippen LogP) is 5.15. The summed E-state index contributed by atoms with van der Waals surface area (Å²) in [6.45, 7) is 2.35. The van der Waals surface area contributed by atoms with Crippen LogP contribution < -0.4 is 0 Å². The van der Waals surface area contributed by atoms with Crippen LogP contribution in [0.25, 0.3) is 0 Å². The fourth-order valence-corrected chi connectivity index (χ4v) is 2.21. The highest BCUT2D eigenvalue weighted by Crippen LogP contribution is 2.26. The fraction of sp³-hybridized carbons (Fsp3) is 0.250. The van der Waals surface area contributed by atoms with Gasteiger partial charge >= 0.3 is 0 Å². The van der Waals surface area contributed by atoms with E-state index in [2.05, 4.69) is 12.6 Å². The summed E-state index contributed by atoms with van der Waals surface area (Å²) in [6, 6.07) is 9.97. The molecule has 0 heterocycles. The summed E-state index contributed by atoms with van der Waals surface area (Å²) in [5.74, 6) is 0. The van der Waals surface area contributed by atoms with Crippen LogP contribution in [-0.4, -0.2) is 15.8 Å². The van der Waals surface area contributed by atoms with Gasteiger partial charge in [-0.05, 0) is 12.5 Å². The normalized spacial score (nSPS) is 11.8. The second-order valence-corrected chi connectivity index (χ2v) is 6.18. The van der Waals surface area contributed by atoms with Crippen molar-refractivity contribution in [3.8, 4) is 0 Å². The lowest BCUT2D eigenvalue weighted by molar-refractivity contribution is 0.379. The Morgan fingerprint density at radius 2 is 1.83 bits per heavy atom. The summed E-state index contributed by atoms with van der Waals surface area (Å²) in [6.07, 6.45) is 0. The Morgan fingerprint density at radius 1 is 1.28 bits per heavy atom. The standard InChI is InChI=1S/C12H12Cl3NS2/c1-8(9-5-3-2-4-6-9)16(12(17)18)7-10(13)11(14)15/h2-6,8H,7H2,1H3,(H,17,18). The van der Waals surface area contributed by atoms with E-state index in [4.69, 9.17) is 47.0 Å². The molecule has 0 saturated carbocycles. The summed E-state index contributed by atoms with van der Waals surface area (Å²) < 4.78 is 0.491. The number of hydrogen-bond acceptors (Lipinski definition) is 1. The van der Waals surface area contributed by atoms with Crippen LogP contribution in [0, 0.1) is 0 Å². The van der Waals surface area contributed by atoms with Crippen LogP contribution in [0.4, 0.5) is 0 Å². The number of thiol groups is 1. The lowest BCUT2D eigenvalue weighted by atomic mass is 10.1. The number of thiocarbonyl (C=S) groups is 1. The largest absolute Gasteiger partial charge is 0.346 e. The predicted molar refractivity (Wildman–Crippen MR) is 87.7 cm³/mol. The smallest absolute Gasteiger partial charge is 0.134 e. The summed E-state index contributed by atoms with van der Waals surface area (Å²) in [5, 5.41) is 0.345. The second kappa shape index (κ2) is 7.61. The monoisotopic (exact) mass is 339 g/mol. The zero-order valence-electron chi connectivity index (χ0n) is 9.61. The van der Waals surface area contributed by atoms with Crippen LogP contribution in [0.3, 0.4) is 0 Å². The third kappa shape index (κ3) is 4.63. The van der Waals surface area contributed by atoms with Crippen molar-refractivity contribution in [1.29, 1.82) is 0 Å². The molecule has 0 amide bonds. The summed E-state index contributed by atoms with van der Waals surface area (Å²) >= 11 is 26.6. The number of nitrogens with zero attached hydrogens (tertiary/aromatic N) is 1. The van der Waals surface area contributed by atoms with Crippen LogP contribution in [0.5, 0.6) is 0 Å². The first-order chi connectivity index (χ1) is 8.43. The zero-order chi connectivity index (χ0) is 13.7. The Morgan fingerprint density at radius 3 is 2.28 bits per heavy atom. The van der Waals surface area contributed by atoms with Gasteiger partial charge in [0.05, 0.1) is 17.6 Å². The van der Waals surface area contributed by atoms with Gasteiger partial charge in [0.1, 0.15) is 8.81 Å². The van der Waals surface area contributed by atoms with Crippen LogP contribution in [0.2, 0.25) is 0 Å². The number of rotatable bonds is 4. The third-order valence-electron chi connectivity index (χ3n) is 2.51. The number of benzene rings is 1. The maximum Gasteiger partial charge on any atom is 0.134 e. The Balaban J connectivity index is 2.93. The molecule has 6 heteroatoms. The van der Waals surface area contributed by atoms with E-state index in [1.165, 1.54) is 0 Å². The summed E-state index contributed by atoms with van der Waals surface area (Å²) in [5.41, 5.74) is 1.11. The Kier molecular flexibility index (Phi) is 6.82. The Hall–Kier alpha value is 0.0700. The number of halogens is 3.